The summed E-state index contributed by atoms with van der Waals surface area (Å²) < 4.78 is 46.1. The molecule has 8 nitrogen and oxygen atoms in total. The molecule has 0 bridgehead atoms. The van der Waals surface area contributed by atoms with E-state index in [1.807, 2.05) is 54.6 Å². The fourth-order valence-electron chi connectivity index (χ4n) is 5.80. The lowest BCUT2D eigenvalue weighted by Crippen LogP contribution is -2.07. The molecule has 0 unspecified atom stereocenters. The highest BCUT2D eigenvalue weighted by atomic mass is 32.1. The first-order valence-corrected chi connectivity index (χ1v) is 16.8. The number of hydrogen-bond donors (Lipinski definition) is 0. The number of ether oxygens (including phenoxy) is 8. The Morgan fingerprint density at radius 1 is 0.469 bits per heavy atom. The summed E-state index contributed by atoms with van der Waals surface area (Å²) in [6.07, 6.45) is 0. The van der Waals surface area contributed by atoms with E-state index in [1.54, 1.807) is 54.0 Å². The van der Waals surface area contributed by atoms with Gasteiger partial charge in [-0.25, -0.2) is 0 Å². The van der Waals surface area contributed by atoms with Gasteiger partial charge in [-0.1, -0.05) is 11.6 Å². The first-order valence-electron chi connectivity index (χ1n) is 15.9. The summed E-state index contributed by atoms with van der Waals surface area (Å²) in [7, 11) is 9.99. The summed E-state index contributed by atoms with van der Waals surface area (Å²) in [4.78, 5) is 2.18. The van der Waals surface area contributed by atoms with Gasteiger partial charge in [0.1, 0.15) is 47.7 Å². The van der Waals surface area contributed by atoms with Gasteiger partial charge in [-0.2, -0.15) is 0 Å². The summed E-state index contributed by atoms with van der Waals surface area (Å²) in [5.74, 6) is 4.31. The maximum atomic E-state index is 6.31. The standard InChI is InChI=1S/C40H44O8S/c1-25-9-15-34(47-19-17-41-3)32(21-25)33-22-27(10-16-35(33)48-20-18-42-4)40-39(31-14-12-29(44-6)24-37(31)46-8)38(26(2)49-40)30-13-11-28(43-5)23-36(30)45-7/h9-16,21-24H,17-20H2,1-8H3. The number of methoxy groups -OCH3 is 6. The quantitative estimate of drug-likeness (QED) is 0.0954. The van der Waals surface area contributed by atoms with Crippen LogP contribution < -0.4 is 28.4 Å². The second-order valence-corrected chi connectivity index (χ2v) is 12.5. The number of aryl methyl sites for hydroxylation is 2. The Morgan fingerprint density at radius 3 is 1.53 bits per heavy atom. The van der Waals surface area contributed by atoms with E-state index < -0.39 is 0 Å². The van der Waals surface area contributed by atoms with Gasteiger partial charge in [-0.15, -0.1) is 11.3 Å². The molecule has 5 aromatic rings. The molecule has 0 aliphatic carbocycles. The first kappa shape index (κ1) is 35.6. The van der Waals surface area contributed by atoms with Crippen LogP contribution in [0.4, 0.5) is 0 Å². The van der Waals surface area contributed by atoms with Gasteiger partial charge >= 0.3 is 0 Å². The minimum atomic E-state index is 0.405. The van der Waals surface area contributed by atoms with Crippen molar-refractivity contribution in [3.8, 4) is 78.3 Å². The highest BCUT2D eigenvalue weighted by Crippen LogP contribution is 2.53. The van der Waals surface area contributed by atoms with Crippen molar-refractivity contribution in [3.63, 3.8) is 0 Å². The first-order chi connectivity index (χ1) is 23.9. The normalized spacial score (nSPS) is 10.9. The van der Waals surface area contributed by atoms with E-state index >= 15 is 0 Å². The lowest BCUT2D eigenvalue weighted by atomic mass is 9.91. The van der Waals surface area contributed by atoms with Crippen LogP contribution in [0, 0.1) is 13.8 Å². The van der Waals surface area contributed by atoms with Crippen molar-refractivity contribution in [2.45, 2.75) is 13.8 Å². The van der Waals surface area contributed by atoms with E-state index in [9.17, 15) is 0 Å². The predicted molar refractivity (Wildman–Crippen MR) is 196 cm³/mol. The molecule has 5 rings (SSSR count). The van der Waals surface area contributed by atoms with Crippen LogP contribution in [-0.2, 0) is 9.47 Å². The summed E-state index contributed by atoms with van der Waals surface area (Å²) in [5.41, 5.74) is 7.89. The highest BCUT2D eigenvalue weighted by molar-refractivity contribution is 7.16. The fraction of sp³-hybridized carbons (Fsp3) is 0.300. The SMILES string of the molecule is COCCOc1ccc(C)cc1-c1cc(-c2sc(C)c(-c3ccc(OC)cc3OC)c2-c2ccc(OC)cc2OC)ccc1OCCOC. The Morgan fingerprint density at radius 2 is 1.00 bits per heavy atom. The van der Waals surface area contributed by atoms with Crippen molar-refractivity contribution in [1.82, 2.24) is 0 Å². The summed E-state index contributed by atoms with van der Waals surface area (Å²) in [6.45, 7) is 5.97. The van der Waals surface area contributed by atoms with E-state index in [-0.39, 0.29) is 0 Å². The van der Waals surface area contributed by atoms with Gasteiger partial charge in [0.05, 0.1) is 41.7 Å². The average molecular weight is 685 g/mol. The lowest BCUT2D eigenvalue weighted by Gasteiger charge is -2.19. The smallest absolute Gasteiger partial charge is 0.130 e. The molecular weight excluding hydrogens is 640 g/mol. The molecule has 0 aliphatic rings. The topological polar surface area (TPSA) is 73.8 Å². The van der Waals surface area contributed by atoms with Crippen molar-refractivity contribution < 1.29 is 37.9 Å². The molecule has 258 valence electrons. The van der Waals surface area contributed by atoms with E-state index in [0.717, 1.165) is 65.8 Å². The van der Waals surface area contributed by atoms with Crippen LogP contribution in [0.2, 0.25) is 0 Å². The monoisotopic (exact) mass is 684 g/mol. The molecule has 0 aliphatic heterocycles. The second-order valence-electron chi connectivity index (χ2n) is 11.3. The molecule has 1 aromatic heterocycles. The third kappa shape index (κ3) is 7.80. The second kappa shape index (κ2) is 16.6. The zero-order valence-corrected chi connectivity index (χ0v) is 30.2. The molecule has 0 N–H and O–H groups in total. The van der Waals surface area contributed by atoms with Gasteiger partial charge in [-0.05, 0) is 74.0 Å². The minimum Gasteiger partial charge on any atom is -0.497 e. The van der Waals surface area contributed by atoms with Gasteiger partial charge in [0, 0.05) is 69.5 Å². The van der Waals surface area contributed by atoms with Crippen molar-refractivity contribution in [2.24, 2.45) is 0 Å². The summed E-state index contributed by atoms with van der Waals surface area (Å²) >= 11 is 1.72. The van der Waals surface area contributed by atoms with Crippen LogP contribution in [0.25, 0.3) is 43.8 Å². The lowest BCUT2D eigenvalue weighted by molar-refractivity contribution is 0.145. The summed E-state index contributed by atoms with van der Waals surface area (Å²) in [5, 5.41) is 0. The molecule has 1 heterocycles. The molecule has 0 spiro atoms. The van der Waals surface area contributed by atoms with Crippen LogP contribution in [0.15, 0.2) is 72.8 Å². The number of hydrogen-bond acceptors (Lipinski definition) is 9. The third-order valence-electron chi connectivity index (χ3n) is 8.20. The van der Waals surface area contributed by atoms with Crippen LogP contribution in [0.5, 0.6) is 34.5 Å². The van der Waals surface area contributed by atoms with Gasteiger partial charge in [0.2, 0.25) is 0 Å². The predicted octanol–water partition coefficient (Wildman–Crippen LogP) is 9.12. The van der Waals surface area contributed by atoms with E-state index in [4.69, 9.17) is 37.9 Å². The molecule has 4 aromatic carbocycles. The molecule has 0 atom stereocenters. The molecule has 0 amide bonds. The van der Waals surface area contributed by atoms with Crippen LogP contribution >= 0.6 is 11.3 Å². The molecule has 0 saturated heterocycles. The zero-order valence-electron chi connectivity index (χ0n) is 29.4. The van der Waals surface area contributed by atoms with Crippen LogP contribution in [0.1, 0.15) is 10.4 Å². The molecule has 9 heteroatoms. The van der Waals surface area contributed by atoms with Crippen LogP contribution in [-0.4, -0.2) is 69.1 Å². The number of benzene rings is 4. The summed E-state index contributed by atoms with van der Waals surface area (Å²) in [6, 6.07) is 24.3. The Bertz CT molecular complexity index is 1880. The Kier molecular flexibility index (Phi) is 12.1. The van der Waals surface area contributed by atoms with Gasteiger partial charge < -0.3 is 37.9 Å². The van der Waals surface area contributed by atoms with E-state index in [1.165, 1.54) is 0 Å². The largest absolute Gasteiger partial charge is 0.497 e. The minimum absolute atomic E-state index is 0.405. The zero-order chi connectivity index (χ0) is 34.9. The van der Waals surface area contributed by atoms with Crippen LogP contribution in [0.3, 0.4) is 0 Å². The Balaban J connectivity index is 1.80. The maximum Gasteiger partial charge on any atom is 0.130 e. The Labute approximate surface area is 293 Å². The van der Waals surface area contributed by atoms with Gasteiger partial charge in [-0.3, -0.25) is 0 Å². The van der Waals surface area contributed by atoms with Crippen molar-refractivity contribution in [3.05, 3.63) is 83.2 Å². The average Bonchev–Trinajstić information content (AvgIpc) is 3.47. The molecule has 0 saturated carbocycles. The highest BCUT2D eigenvalue weighted by Gasteiger charge is 2.26. The van der Waals surface area contributed by atoms with Gasteiger partial charge in [0.25, 0.3) is 0 Å². The third-order valence-corrected chi connectivity index (χ3v) is 9.35. The van der Waals surface area contributed by atoms with Gasteiger partial charge in [0.15, 0.2) is 0 Å². The number of rotatable bonds is 16. The van der Waals surface area contributed by atoms with E-state index in [0.29, 0.717) is 49.4 Å². The maximum absolute atomic E-state index is 6.31. The molecule has 0 fully saturated rings. The van der Waals surface area contributed by atoms with Crippen molar-refractivity contribution in [2.75, 3.05) is 69.1 Å². The molecule has 0 radical (unpaired) electrons. The van der Waals surface area contributed by atoms with E-state index in [2.05, 4.69) is 32.0 Å². The van der Waals surface area contributed by atoms with Crippen molar-refractivity contribution in [1.29, 1.82) is 0 Å². The molecular formula is C40H44O8S. The molecule has 49 heavy (non-hydrogen) atoms. The van der Waals surface area contributed by atoms with Crippen molar-refractivity contribution >= 4 is 11.3 Å². The number of thiophene rings is 1. The fourth-order valence-corrected chi connectivity index (χ4v) is 6.98. The Hall–Kier alpha value is -4.70.